The molecule has 2 heterocycles. The molecule has 47 heavy (non-hydrogen) atoms. The maximum Gasteiger partial charge on any atom is 0.255 e. The van der Waals surface area contributed by atoms with Crippen LogP contribution in [-0.2, 0) is 25.6 Å². The largest absolute Gasteiger partial charge is 0.493 e. The minimum atomic E-state index is -1.19. The zero-order valence-corrected chi connectivity index (χ0v) is 27.2. The number of para-hydroxylation sites is 1. The summed E-state index contributed by atoms with van der Waals surface area (Å²) < 4.78 is 5.89. The first kappa shape index (κ1) is 35.4. The van der Waals surface area contributed by atoms with Gasteiger partial charge in [-0.1, -0.05) is 55.3 Å². The van der Waals surface area contributed by atoms with E-state index in [-0.39, 0.29) is 31.0 Å². The lowest BCUT2D eigenvalue weighted by molar-refractivity contribution is -0.132. The second-order valence-electron chi connectivity index (χ2n) is 12.2. The Labute approximate surface area is 276 Å². The predicted molar refractivity (Wildman–Crippen MR) is 178 cm³/mol. The first-order chi connectivity index (χ1) is 22.8. The van der Waals surface area contributed by atoms with Crippen LogP contribution in [0.1, 0.15) is 67.8 Å². The van der Waals surface area contributed by atoms with E-state index in [9.17, 15) is 24.0 Å². The van der Waals surface area contributed by atoms with Crippen LogP contribution in [0.4, 0.5) is 0 Å². The Morgan fingerprint density at radius 1 is 0.872 bits per heavy atom. The Kier molecular flexibility index (Phi) is 14.0. The van der Waals surface area contributed by atoms with Crippen LogP contribution in [-0.4, -0.2) is 91.9 Å². The Morgan fingerprint density at radius 2 is 1.60 bits per heavy atom. The van der Waals surface area contributed by atoms with Gasteiger partial charge in [-0.25, -0.2) is 0 Å². The Hall–Kier alpha value is -4.45. The van der Waals surface area contributed by atoms with Crippen LogP contribution in [0.2, 0.25) is 0 Å². The Balaban J connectivity index is 1.47. The number of nitrogens with one attached hydrogen (secondary N) is 5. The topological polar surface area (TPSA) is 158 Å². The molecule has 254 valence electrons. The third-order valence-corrected chi connectivity index (χ3v) is 8.36. The highest BCUT2D eigenvalue weighted by atomic mass is 16.5. The van der Waals surface area contributed by atoms with Crippen molar-refractivity contribution < 1.29 is 28.7 Å². The molecule has 2 aromatic rings. The number of ether oxygens (including phenoxy) is 1. The van der Waals surface area contributed by atoms with E-state index in [1.165, 1.54) is 32.6 Å². The zero-order chi connectivity index (χ0) is 33.4. The molecule has 5 N–H and O–H groups in total. The maximum atomic E-state index is 13.4. The summed E-state index contributed by atoms with van der Waals surface area (Å²) in [5, 5.41) is 13.8. The van der Waals surface area contributed by atoms with Crippen LogP contribution in [0.15, 0.2) is 54.6 Å². The Morgan fingerprint density at radius 3 is 2.36 bits per heavy atom. The minimum absolute atomic E-state index is 0.209. The van der Waals surface area contributed by atoms with Crippen molar-refractivity contribution in [1.29, 1.82) is 0 Å². The summed E-state index contributed by atoms with van der Waals surface area (Å²) in [6, 6.07) is 12.9. The number of carbonyl (C=O) groups excluding carboxylic acids is 5. The van der Waals surface area contributed by atoms with Gasteiger partial charge in [0.15, 0.2) is 0 Å². The molecule has 0 bridgehead atoms. The third-order valence-electron chi connectivity index (χ3n) is 8.36. The van der Waals surface area contributed by atoms with Gasteiger partial charge in [0.1, 0.15) is 23.9 Å². The fourth-order valence-electron chi connectivity index (χ4n) is 5.72. The monoisotopic (exact) mass is 648 g/mol. The average molecular weight is 649 g/mol. The van der Waals surface area contributed by atoms with Gasteiger partial charge in [0, 0.05) is 19.5 Å². The van der Waals surface area contributed by atoms with Crippen molar-refractivity contribution in [3.05, 3.63) is 65.7 Å². The fraction of sp³-hybridized carbons (Fsp3) is 0.514. The van der Waals surface area contributed by atoms with Crippen molar-refractivity contribution in [2.24, 2.45) is 0 Å². The summed E-state index contributed by atoms with van der Waals surface area (Å²) in [5.74, 6) is -2.26. The van der Waals surface area contributed by atoms with Gasteiger partial charge < -0.3 is 36.2 Å². The van der Waals surface area contributed by atoms with Gasteiger partial charge in [-0.3, -0.25) is 24.0 Å². The van der Waals surface area contributed by atoms with Gasteiger partial charge in [-0.2, -0.15) is 0 Å². The molecule has 0 radical (unpaired) electrons. The maximum absolute atomic E-state index is 13.4. The molecule has 0 spiro atoms. The fourth-order valence-corrected chi connectivity index (χ4v) is 5.72. The van der Waals surface area contributed by atoms with Crippen LogP contribution >= 0.6 is 0 Å². The van der Waals surface area contributed by atoms with Gasteiger partial charge in [0.25, 0.3) is 5.91 Å². The van der Waals surface area contributed by atoms with E-state index in [1.54, 1.807) is 24.3 Å². The molecule has 5 amide bonds. The van der Waals surface area contributed by atoms with Crippen molar-refractivity contribution in [2.45, 2.75) is 76.4 Å². The molecule has 3 atom stereocenters. The summed E-state index contributed by atoms with van der Waals surface area (Å²) >= 11 is 0. The first-order valence-corrected chi connectivity index (χ1v) is 16.7. The van der Waals surface area contributed by atoms with Crippen LogP contribution in [0.25, 0.3) is 0 Å². The lowest BCUT2D eigenvalue weighted by Gasteiger charge is -2.23. The van der Waals surface area contributed by atoms with E-state index in [2.05, 4.69) is 31.5 Å². The van der Waals surface area contributed by atoms with E-state index in [1.807, 2.05) is 30.3 Å². The molecule has 1 saturated heterocycles. The van der Waals surface area contributed by atoms with E-state index < -0.39 is 48.2 Å². The minimum Gasteiger partial charge on any atom is -0.493 e. The molecule has 4 rings (SSSR count). The van der Waals surface area contributed by atoms with Crippen molar-refractivity contribution in [3.8, 4) is 5.75 Å². The number of nitrogens with zero attached hydrogens (tertiary/aromatic N) is 1. The number of carbonyl (C=O) groups is 5. The van der Waals surface area contributed by atoms with E-state index in [4.69, 9.17) is 4.74 Å². The molecule has 0 unspecified atom stereocenters. The van der Waals surface area contributed by atoms with Crippen LogP contribution in [0.3, 0.4) is 0 Å². The molecular formula is C35H48N6O6. The van der Waals surface area contributed by atoms with Crippen molar-refractivity contribution in [3.63, 3.8) is 0 Å². The number of rotatable bonds is 7. The number of hydrogen-bond donors (Lipinski definition) is 5. The molecule has 1 fully saturated rings. The van der Waals surface area contributed by atoms with Gasteiger partial charge in [0.05, 0.1) is 18.6 Å². The zero-order valence-electron chi connectivity index (χ0n) is 27.2. The molecule has 0 aliphatic carbocycles. The van der Waals surface area contributed by atoms with E-state index >= 15 is 0 Å². The molecule has 2 aliphatic rings. The summed E-state index contributed by atoms with van der Waals surface area (Å²) in [5.41, 5.74) is 1.08. The molecule has 12 heteroatoms. The number of amides is 5. The van der Waals surface area contributed by atoms with Crippen LogP contribution < -0.4 is 31.3 Å². The van der Waals surface area contributed by atoms with Gasteiger partial charge in [-0.05, 0) is 69.9 Å². The van der Waals surface area contributed by atoms with E-state index in [0.717, 1.165) is 31.6 Å². The van der Waals surface area contributed by atoms with Gasteiger partial charge in [-0.15, -0.1) is 0 Å². The number of fused-ring (bicyclic) bond motifs is 1. The lowest BCUT2D eigenvalue weighted by Crippen LogP contribution is -2.55. The highest BCUT2D eigenvalue weighted by Gasteiger charge is 2.29. The van der Waals surface area contributed by atoms with Gasteiger partial charge in [0.2, 0.25) is 23.6 Å². The SMILES string of the molecule is C[C@@H]1NC(=O)C[C@@H](C(=O)NCCCN2CCCCCC2)NC(=O)c2ccccc2OCCCNC(=O)[C@H](Cc2ccccc2)NC1=O. The average Bonchev–Trinajstić information content (AvgIpc) is 3.35. The lowest BCUT2D eigenvalue weighted by atomic mass is 10.0. The molecule has 0 aromatic heterocycles. The summed E-state index contributed by atoms with van der Waals surface area (Å²) in [6.07, 6.45) is 5.90. The predicted octanol–water partition coefficient (Wildman–Crippen LogP) is 1.69. The Bertz CT molecular complexity index is 1350. The normalized spacial score (nSPS) is 22.4. The second-order valence-corrected chi connectivity index (χ2v) is 12.2. The van der Waals surface area contributed by atoms with Crippen molar-refractivity contribution >= 4 is 29.5 Å². The molecule has 2 aliphatic heterocycles. The standard InChI is InChI=1S/C35H48N6O6/c1-25-32(43)39-28(23-26-13-5-4-6-14-26)34(45)37-18-12-22-47-30-16-8-7-15-27(30)33(44)40-29(24-31(42)38-25)35(46)36-17-11-21-41-19-9-2-3-10-20-41/h4-8,13-16,25,28-29H,2-3,9-12,17-24H2,1H3,(H,36,46)(H,37,45)(H,38,42)(H,39,43)(H,40,44)/t25-,28-,29-/m0/s1. The molecule has 2 aromatic carbocycles. The summed E-state index contributed by atoms with van der Waals surface area (Å²) in [7, 11) is 0. The second kappa shape index (κ2) is 18.6. The molecule has 0 saturated carbocycles. The summed E-state index contributed by atoms with van der Waals surface area (Å²) in [4.78, 5) is 68.6. The van der Waals surface area contributed by atoms with E-state index in [0.29, 0.717) is 18.7 Å². The summed E-state index contributed by atoms with van der Waals surface area (Å²) in [6.45, 7) is 5.36. The smallest absolute Gasteiger partial charge is 0.255 e. The third kappa shape index (κ3) is 11.7. The van der Waals surface area contributed by atoms with Gasteiger partial charge >= 0.3 is 0 Å². The highest BCUT2D eigenvalue weighted by Crippen LogP contribution is 2.19. The van der Waals surface area contributed by atoms with Crippen molar-refractivity contribution in [2.75, 3.05) is 39.3 Å². The number of likely N-dealkylation sites (tertiary alicyclic amines) is 1. The van der Waals surface area contributed by atoms with Crippen LogP contribution in [0, 0.1) is 0 Å². The van der Waals surface area contributed by atoms with Crippen molar-refractivity contribution in [1.82, 2.24) is 31.5 Å². The number of benzene rings is 2. The van der Waals surface area contributed by atoms with Crippen LogP contribution in [0.5, 0.6) is 5.75 Å². The quantitative estimate of drug-likeness (QED) is 0.286. The number of hydrogen-bond acceptors (Lipinski definition) is 7. The molecule has 12 nitrogen and oxygen atoms in total. The highest BCUT2D eigenvalue weighted by molar-refractivity contribution is 6.01. The first-order valence-electron chi connectivity index (χ1n) is 16.7. The molecular weight excluding hydrogens is 600 g/mol.